The molecular weight excluding hydrogens is 294 g/mol. The molecule has 1 atom stereocenters. The molecule has 0 aliphatic rings. The van der Waals surface area contributed by atoms with Crippen molar-refractivity contribution in [2.75, 3.05) is 0 Å². The van der Waals surface area contributed by atoms with Gasteiger partial charge in [0.15, 0.2) is 0 Å². The van der Waals surface area contributed by atoms with Crippen LogP contribution in [0, 0.1) is 5.92 Å². The molecule has 0 radical (unpaired) electrons. The summed E-state index contributed by atoms with van der Waals surface area (Å²) >= 11 is 0. The Kier molecular flexibility index (Phi) is 5.97. The molecular formula is C18H21NO4. The van der Waals surface area contributed by atoms with Crippen LogP contribution in [0.15, 0.2) is 46.9 Å². The summed E-state index contributed by atoms with van der Waals surface area (Å²) in [6.07, 6.45) is 2.71. The summed E-state index contributed by atoms with van der Waals surface area (Å²) in [4.78, 5) is 22.7. The number of carboxylic acid groups (broad SMARTS) is 1. The van der Waals surface area contributed by atoms with Gasteiger partial charge in [-0.15, -0.1) is 0 Å². The van der Waals surface area contributed by atoms with E-state index < -0.39 is 5.97 Å². The summed E-state index contributed by atoms with van der Waals surface area (Å²) in [6.45, 7) is 2.10. The van der Waals surface area contributed by atoms with Crippen LogP contribution >= 0.6 is 0 Å². The highest BCUT2D eigenvalue weighted by Crippen LogP contribution is 2.12. The lowest BCUT2D eigenvalue weighted by Gasteiger charge is -2.11. The highest BCUT2D eigenvalue weighted by atomic mass is 16.4. The van der Waals surface area contributed by atoms with Crippen LogP contribution in [0.5, 0.6) is 0 Å². The number of carbonyl (C=O) groups excluding carboxylic acids is 1. The molecule has 0 aliphatic heterocycles. The third-order valence-electron chi connectivity index (χ3n) is 3.70. The SMILES string of the molecule is CC(CCCc1ccccc1)C(=O)NCc1ccc(C(=O)O)o1. The van der Waals surface area contributed by atoms with Gasteiger partial charge in [-0.25, -0.2) is 4.79 Å². The van der Waals surface area contributed by atoms with E-state index >= 15 is 0 Å². The van der Waals surface area contributed by atoms with Gasteiger partial charge < -0.3 is 14.8 Å². The minimum atomic E-state index is -1.11. The fourth-order valence-electron chi connectivity index (χ4n) is 2.32. The minimum Gasteiger partial charge on any atom is -0.475 e. The van der Waals surface area contributed by atoms with Crippen LogP contribution in [0.2, 0.25) is 0 Å². The molecule has 2 rings (SSSR count). The maximum atomic E-state index is 12.0. The standard InChI is InChI=1S/C18H21NO4/c1-13(6-5-9-14-7-3-2-4-8-14)17(20)19-12-15-10-11-16(23-15)18(21)22/h2-4,7-8,10-11,13H,5-6,9,12H2,1H3,(H,19,20)(H,21,22). The molecule has 0 fully saturated rings. The van der Waals surface area contributed by atoms with Crippen LogP contribution in [-0.2, 0) is 17.8 Å². The monoisotopic (exact) mass is 315 g/mol. The Hall–Kier alpha value is -2.56. The van der Waals surface area contributed by atoms with Crippen molar-refractivity contribution >= 4 is 11.9 Å². The summed E-state index contributed by atoms with van der Waals surface area (Å²) < 4.78 is 5.10. The Bertz CT molecular complexity index is 648. The molecule has 1 amide bonds. The molecule has 5 heteroatoms. The third kappa shape index (κ3) is 5.29. The summed E-state index contributed by atoms with van der Waals surface area (Å²) in [6, 6.07) is 13.1. The summed E-state index contributed by atoms with van der Waals surface area (Å²) in [7, 11) is 0. The number of aromatic carboxylic acids is 1. The first-order chi connectivity index (χ1) is 11.1. The van der Waals surface area contributed by atoms with Crippen molar-refractivity contribution in [2.45, 2.75) is 32.7 Å². The minimum absolute atomic E-state index is 0.0497. The number of carbonyl (C=O) groups is 2. The first kappa shape index (κ1) is 16.8. The first-order valence-corrected chi connectivity index (χ1v) is 7.70. The number of benzene rings is 1. The Morgan fingerprint density at radius 2 is 1.91 bits per heavy atom. The van der Waals surface area contributed by atoms with Crippen LogP contribution in [-0.4, -0.2) is 17.0 Å². The maximum absolute atomic E-state index is 12.0. The van der Waals surface area contributed by atoms with E-state index in [1.807, 2.05) is 25.1 Å². The largest absolute Gasteiger partial charge is 0.475 e. The predicted molar refractivity (Wildman–Crippen MR) is 86.1 cm³/mol. The second kappa shape index (κ2) is 8.17. The van der Waals surface area contributed by atoms with Gasteiger partial charge in [-0.2, -0.15) is 0 Å². The highest BCUT2D eigenvalue weighted by molar-refractivity contribution is 5.84. The van der Waals surface area contributed by atoms with Gasteiger partial charge in [-0.05, 0) is 37.0 Å². The summed E-state index contributed by atoms with van der Waals surface area (Å²) in [5, 5.41) is 11.5. The van der Waals surface area contributed by atoms with Crippen molar-refractivity contribution in [3.8, 4) is 0 Å². The number of hydrogen-bond acceptors (Lipinski definition) is 3. The first-order valence-electron chi connectivity index (χ1n) is 7.70. The molecule has 0 aliphatic carbocycles. The molecule has 23 heavy (non-hydrogen) atoms. The molecule has 0 spiro atoms. The average Bonchev–Trinajstić information content (AvgIpc) is 3.02. The van der Waals surface area contributed by atoms with E-state index in [4.69, 9.17) is 9.52 Å². The fourth-order valence-corrected chi connectivity index (χ4v) is 2.32. The van der Waals surface area contributed by atoms with Crippen LogP contribution in [0.1, 0.15) is 41.6 Å². The fraction of sp³-hybridized carbons (Fsp3) is 0.333. The Labute approximate surface area is 135 Å². The molecule has 2 N–H and O–H groups in total. The molecule has 1 heterocycles. The van der Waals surface area contributed by atoms with Gasteiger partial charge >= 0.3 is 5.97 Å². The van der Waals surface area contributed by atoms with Gasteiger partial charge in [0.1, 0.15) is 5.76 Å². The number of rotatable bonds is 8. The number of furan rings is 1. The average molecular weight is 315 g/mol. The lowest BCUT2D eigenvalue weighted by atomic mass is 10.0. The van der Waals surface area contributed by atoms with Crippen molar-refractivity contribution in [1.29, 1.82) is 0 Å². The number of hydrogen-bond donors (Lipinski definition) is 2. The smallest absolute Gasteiger partial charge is 0.371 e. The molecule has 122 valence electrons. The molecule has 2 aromatic rings. The van der Waals surface area contributed by atoms with Crippen molar-refractivity contribution in [1.82, 2.24) is 5.32 Å². The molecule has 5 nitrogen and oxygen atoms in total. The normalized spacial score (nSPS) is 11.9. The van der Waals surface area contributed by atoms with Crippen molar-refractivity contribution in [3.63, 3.8) is 0 Å². The van der Waals surface area contributed by atoms with Crippen molar-refractivity contribution < 1.29 is 19.1 Å². The molecule has 0 bridgehead atoms. The number of nitrogens with one attached hydrogen (secondary N) is 1. The van der Waals surface area contributed by atoms with Crippen LogP contribution in [0.25, 0.3) is 0 Å². The highest BCUT2D eigenvalue weighted by Gasteiger charge is 2.14. The molecule has 1 unspecified atom stereocenters. The zero-order valence-electron chi connectivity index (χ0n) is 13.1. The Morgan fingerprint density at radius 1 is 1.17 bits per heavy atom. The Balaban J connectivity index is 1.71. The zero-order chi connectivity index (χ0) is 16.7. The number of aryl methyl sites for hydroxylation is 1. The third-order valence-corrected chi connectivity index (χ3v) is 3.70. The van der Waals surface area contributed by atoms with Crippen LogP contribution < -0.4 is 5.32 Å². The number of amides is 1. The van der Waals surface area contributed by atoms with Gasteiger partial charge in [-0.3, -0.25) is 4.79 Å². The molecule has 1 aromatic carbocycles. The molecule has 1 aromatic heterocycles. The topological polar surface area (TPSA) is 79.5 Å². The molecule has 0 saturated heterocycles. The van der Waals surface area contributed by atoms with E-state index in [9.17, 15) is 9.59 Å². The zero-order valence-corrected chi connectivity index (χ0v) is 13.1. The van der Waals surface area contributed by atoms with Gasteiger partial charge in [0.25, 0.3) is 0 Å². The predicted octanol–water partition coefficient (Wildman–Crippen LogP) is 3.25. The lowest BCUT2D eigenvalue weighted by Crippen LogP contribution is -2.28. The summed E-state index contributed by atoms with van der Waals surface area (Å²) in [5.41, 5.74) is 1.27. The molecule has 0 saturated carbocycles. The lowest BCUT2D eigenvalue weighted by molar-refractivity contribution is -0.124. The van der Waals surface area contributed by atoms with E-state index in [0.29, 0.717) is 5.76 Å². The van der Waals surface area contributed by atoms with Gasteiger partial charge in [-0.1, -0.05) is 37.3 Å². The van der Waals surface area contributed by atoms with Crippen molar-refractivity contribution in [3.05, 3.63) is 59.5 Å². The quantitative estimate of drug-likeness (QED) is 0.783. The van der Waals surface area contributed by atoms with Crippen LogP contribution in [0.4, 0.5) is 0 Å². The van der Waals surface area contributed by atoms with Crippen molar-refractivity contribution in [2.24, 2.45) is 5.92 Å². The second-order valence-electron chi connectivity index (χ2n) is 5.57. The second-order valence-corrected chi connectivity index (χ2v) is 5.57. The van der Waals surface area contributed by atoms with Gasteiger partial charge in [0.2, 0.25) is 11.7 Å². The van der Waals surface area contributed by atoms with E-state index in [-0.39, 0.29) is 24.1 Å². The number of carboxylic acids is 1. The van der Waals surface area contributed by atoms with E-state index in [2.05, 4.69) is 17.4 Å². The van der Waals surface area contributed by atoms with E-state index in [0.717, 1.165) is 19.3 Å². The van der Waals surface area contributed by atoms with E-state index in [1.165, 1.54) is 11.6 Å². The van der Waals surface area contributed by atoms with Gasteiger partial charge in [0, 0.05) is 5.92 Å². The van der Waals surface area contributed by atoms with Gasteiger partial charge in [0.05, 0.1) is 6.54 Å². The summed E-state index contributed by atoms with van der Waals surface area (Å²) in [5.74, 6) is -0.937. The maximum Gasteiger partial charge on any atom is 0.371 e. The van der Waals surface area contributed by atoms with Crippen LogP contribution in [0.3, 0.4) is 0 Å². The Morgan fingerprint density at radius 3 is 2.57 bits per heavy atom. The van der Waals surface area contributed by atoms with E-state index in [1.54, 1.807) is 6.07 Å².